The molecule has 28 heavy (non-hydrogen) atoms. The van der Waals surface area contributed by atoms with Gasteiger partial charge in [0.1, 0.15) is 29.6 Å². The van der Waals surface area contributed by atoms with Crippen LogP contribution in [0.4, 0.5) is 13.2 Å². The Balaban J connectivity index is 1.61. The highest BCUT2D eigenvalue weighted by atomic mass is 19.4. The van der Waals surface area contributed by atoms with E-state index in [1.54, 1.807) is 24.3 Å². The van der Waals surface area contributed by atoms with Gasteiger partial charge >= 0.3 is 6.18 Å². The molecule has 0 saturated carbocycles. The molecule has 0 unspecified atom stereocenters. The van der Waals surface area contributed by atoms with Crippen molar-refractivity contribution in [1.82, 2.24) is 0 Å². The Labute approximate surface area is 158 Å². The van der Waals surface area contributed by atoms with Gasteiger partial charge in [-0.2, -0.15) is 13.2 Å². The average molecular weight is 388 g/mol. The molecule has 1 heterocycles. The van der Waals surface area contributed by atoms with E-state index in [0.29, 0.717) is 17.1 Å². The van der Waals surface area contributed by atoms with Crippen LogP contribution in [0.15, 0.2) is 71.2 Å². The van der Waals surface area contributed by atoms with E-state index in [1.807, 2.05) is 0 Å². The molecule has 0 bridgehead atoms. The van der Waals surface area contributed by atoms with Crippen molar-refractivity contribution in [3.8, 4) is 11.5 Å². The van der Waals surface area contributed by atoms with E-state index in [2.05, 4.69) is 0 Å². The number of rotatable bonds is 6. The molecule has 7 heteroatoms. The van der Waals surface area contributed by atoms with Gasteiger partial charge in [0.15, 0.2) is 5.78 Å². The first kappa shape index (κ1) is 19.3. The quantitative estimate of drug-likeness (QED) is 0.449. The van der Waals surface area contributed by atoms with Gasteiger partial charge in [-0.25, -0.2) is 0 Å². The van der Waals surface area contributed by atoms with Crippen LogP contribution in [0.2, 0.25) is 0 Å². The number of hydrogen-bond acceptors (Lipinski definition) is 4. The highest BCUT2D eigenvalue weighted by Gasteiger charge is 2.30. The zero-order chi connectivity index (χ0) is 20.1. The van der Waals surface area contributed by atoms with Gasteiger partial charge in [-0.15, -0.1) is 0 Å². The molecule has 4 nitrogen and oxygen atoms in total. The number of phenols is 1. The summed E-state index contributed by atoms with van der Waals surface area (Å²) in [7, 11) is 0. The van der Waals surface area contributed by atoms with Crippen LogP contribution >= 0.6 is 0 Å². The minimum absolute atomic E-state index is 0.00808. The maximum absolute atomic E-state index is 12.7. The van der Waals surface area contributed by atoms with E-state index in [1.165, 1.54) is 36.4 Å². The van der Waals surface area contributed by atoms with Gasteiger partial charge < -0.3 is 14.3 Å². The number of halogens is 3. The number of carbonyl (C=O) groups is 1. The molecule has 0 aliphatic rings. The lowest BCUT2D eigenvalue weighted by Gasteiger charge is -2.09. The van der Waals surface area contributed by atoms with Gasteiger partial charge in [-0.1, -0.05) is 18.2 Å². The zero-order valence-corrected chi connectivity index (χ0v) is 14.4. The van der Waals surface area contributed by atoms with Crippen LogP contribution < -0.4 is 4.74 Å². The monoisotopic (exact) mass is 388 g/mol. The zero-order valence-electron chi connectivity index (χ0n) is 14.4. The topological polar surface area (TPSA) is 59.7 Å². The molecule has 3 rings (SSSR count). The second kappa shape index (κ2) is 8.04. The summed E-state index contributed by atoms with van der Waals surface area (Å²) in [5.74, 6) is 0.528. The van der Waals surface area contributed by atoms with Gasteiger partial charge in [0.2, 0.25) is 0 Å². The van der Waals surface area contributed by atoms with Crippen molar-refractivity contribution in [3.05, 3.63) is 89.4 Å². The Morgan fingerprint density at radius 1 is 1.07 bits per heavy atom. The number of aromatic hydroxyl groups is 1. The largest absolute Gasteiger partial charge is 0.508 e. The number of hydrogen-bond donors (Lipinski definition) is 1. The van der Waals surface area contributed by atoms with Crippen LogP contribution in [0, 0.1) is 0 Å². The second-order valence-corrected chi connectivity index (χ2v) is 5.87. The van der Waals surface area contributed by atoms with Crippen LogP contribution in [0.3, 0.4) is 0 Å². The van der Waals surface area contributed by atoms with Gasteiger partial charge in [-0.05, 0) is 54.6 Å². The molecule has 0 saturated heterocycles. The number of ketones is 1. The van der Waals surface area contributed by atoms with Gasteiger partial charge in [0, 0.05) is 5.56 Å². The molecule has 0 spiro atoms. The minimum Gasteiger partial charge on any atom is -0.508 e. The Bertz CT molecular complexity index is 1000. The van der Waals surface area contributed by atoms with Crippen molar-refractivity contribution in [2.75, 3.05) is 0 Å². The number of furan rings is 1. The fourth-order valence-corrected chi connectivity index (χ4v) is 2.39. The van der Waals surface area contributed by atoms with Crippen molar-refractivity contribution in [1.29, 1.82) is 0 Å². The summed E-state index contributed by atoms with van der Waals surface area (Å²) < 4.78 is 48.9. The third-order valence-corrected chi connectivity index (χ3v) is 3.75. The van der Waals surface area contributed by atoms with Gasteiger partial charge in [0.25, 0.3) is 0 Å². The first-order chi connectivity index (χ1) is 13.3. The van der Waals surface area contributed by atoms with Crippen molar-refractivity contribution < 1.29 is 32.2 Å². The molecule has 0 aliphatic heterocycles. The Morgan fingerprint density at radius 2 is 1.86 bits per heavy atom. The van der Waals surface area contributed by atoms with Crippen LogP contribution in [-0.4, -0.2) is 10.9 Å². The molecule has 1 aromatic heterocycles. The Morgan fingerprint density at radius 3 is 2.61 bits per heavy atom. The molecule has 0 atom stereocenters. The molecular formula is C21H15F3O4. The summed E-state index contributed by atoms with van der Waals surface area (Å²) in [6.07, 6.45) is -1.69. The second-order valence-electron chi connectivity index (χ2n) is 5.87. The van der Waals surface area contributed by atoms with Gasteiger partial charge in [0.05, 0.1) is 5.56 Å². The molecule has 1 N–H and O–H groups in total. The van der Waals surface area contributed by atoms with Crippen molar-refractivity contribution >= 4 is 11.9 Å². The molecule has 0 amide bonds. The van der Waals surface area contributed by atoms with E-state index in [-0.39, 0.29) is 23.9 Å². The third kappa shape index (κ3) is 5.03. The smallest absolute Gasteiger partial charge is 0.416 e. The third-order valence-electron chi connectivity index (χ3n) is 3.75. The number of alkyl halides is 3. The average Bonchev–Trinajstić information content (AvgIpc) is 3.12. The number of carbonyl (C=O) groups excluding carboxylic acids is 1. The molecule has 2 aromatic carbocycles. The summed E-state index contributed by atoms with van der Waals surface area (Å²) in [6.45, 7) is -0.0599. The highest BCUT2D eigenvalue weighted by molar-refractivity contribution is 6.06. The number of allylic oxidation sites excluding steroid dienone is 1. The summed E-state index contributed by atoms with van der Waals surface area (Å²) in [5, 5.41) is 9.39. The predicted molar refractivity (Wildman–Crippen MR) is 96.0 cm³/mol. The minimum atomic E-state index is -4.44. The molecule has 144 valence electrons. The first-order valence-electron chi connectivity index (χ1n) is 8.21. The number of benzene rings is 2. The van der Waals surface area contributed by atoms with Crippen LogP contribution in [0.25, 0.3) is 6.08 Å². The predicted octanol–water partition coefficient (Wildman–Crippen LogP) is 5.48. The SMILES string of the molecule is O=C(/C=C/c1ccc(COc2cccc(C(F)(F)F)c2)o1)c1cccc(O)c1. The van der Waals surface area contributed by atoms with Crippen molar-refractivity contribution in [2.24, 2.45) is 0 Å². The van der Waals surface area contributed by atoms with Crippen molar-refractivity contribution in [2.45, 2.75) is 12.8 Å². The highest BCUT2D eigenvalue weighted by Crippen LogP contribution is 2.31. The lowest BCUT2D eigenvalue weighted by atomic mass is 10.1. The molecule has 3 aromatic rings. The van der Waals surface area contributed by atoms with E-state index in [9.17, 15) is 23.1 Å². The molecule has 0 fully saturated rings. The van der Waals surface area contributed by atoms with E-state index in [0.717, 1.165) is 12.1 Å². The summed E-state index contributed by atoms with van der Waals surface area (Å²) in [6, 6.07) is 13.7. The maximum Gasteiger partial charge on any atom is 0.416 e. The number of phenolic OH excluding ortho intramolecular Hbond substituents is 1. The van der Waals surface area contributed by atoms with E-state index >= 15 is 0 Å². The first-order valence-corrected chi connectivity index (χ1v) is 8.21. The fraction of sp³-hybridized carbons (Fsp3) is 0.0952. The summed E-state index contributed by atoms with van der Waals surface area (Å²) in [4.78, 5) is 12.0. The standard InChI is InChI=1S/C21H15F3O4/c22-21(23,24)15-4-2-6-18(12-15)27-13-19-8-7-17(28-19)9-10-20(26)14-3-1-5-16(25)11-14/h1-12,25H,13H2/b10-9+. The Kier molecular flexibility index (Phi) is 5.54. The van der Waals surface area contributed by atoms with Crippen molar-refractivity contribution in [3.63, 3.8) is 0 Å². The molecular weight excluding hydrogens is 373 g/mol. The van der Waals surface area contributed by atoms with Crippen LogP contribution in [0.5, 0.6) is 11.5 Å². The lowest BCUT2D eigenvalue weighted by Crippen LogP contribution is -2.05. The molecule has 0 aliphatic carbocycles. The summed E-state index contributed by atoms with van der Waals surface area (Å²) >= 11 is 0. The van der Waals surface area contributed by atoms with E-state index < -0.39 is 11.7 Å². The Hall–Kier alpha value is -3.48. The fourth-order valence-electron chi connectivity index (χ4n) is 2.39. The normalized spacial score (nSPS) is 11.7. The summed E-state index contributed by atoms with van der Waals surface area (Å²) in [5.41, 5.74) is -0.463. The van der Waals surface area contributed by atoms with Gasteiger partial charge in [-0.3, -0.25) is 4.79 Å². The molecule has 0 radical (unpaired) electrons. The van der Waals surface area contributed by atoms with E-state index in [4.69, 9.17) is 9.15 Å². The number of ether oxygens (including phenoxy) is 1. The van der Waals surface area contributed by atoms with Crippen LogP contribution in [0.1, 0.15) is 27.4 Å². The maximum atomic E-state index is 12.7. The van der Waals surface area contributed by atoms with Crippen LogP contribution in [-0.2, 0) is 12.8 Å². The lowest BCUT2D eigenvalue weighted by molar-refractivity contribution is -0.137.